The first-order chi connectivity index (χ1) is 13.8. The van der Waals surface area contributed by atoms with Gasteiger partial charge in [0.25, 0.3) is 0 Å². The minimum absolute atomic E-state index is 0.154. The molecule has 1 saturated heterocycles. The summed E-state index contributed by atoms with van der Waals surface area (Å²) >= 11 is 0. The van der Waals surface area contributed by atoms with Crippen LogP contribution in [0.25, 0.3) is 22.3 Å². The summed E-state index contributed by atoms with van der Waals surface area (Å²) in [6.07, 6.45) is -1.87. The Kier molecular flexibility index (Phi) is 4.98. The first kappa shape index (κ1) is 19.7. The molecule has 4 nitrogen and oxygen atoms in total. The molecule has 2 aromatic heterocycles. The van der Waals surface area contributed by atoms with Gasteiger partial charge >= 0.3 is 6.18 Å². The molecule has 3 heterocycles. The van der Waals surface area contributed by atoms with E-state index in [1.165, 1.54) is 0 Å². The fourth-order valence-corrected chi connectivity index (χ4v) is 4.02. The Morgan fingerprint density at radius 1 is 1.14 bits per heavy atom. The zero-order chi connectivity index (χ0) is 20.8. The Balaban J connectivity index is 1.80. The fraction of sp³-hybridized carbons (Fsp3) is 0.381. The molecule has 0 unspecified atom stereocenters. The smallest absolute Gasteiger partial charge is 0.306 e. The lowest BCUT2D eigenvalue weighted by molar-refractivity contribution is -0.138. The lowest BCUT2D eigenvalue weighted by Gasteiger charge is -2.30. The van der Waals surface area contributed by atoms with Crippen LogP contribution < -0.4 is 0 Å². The molecule has 8 heteroatoms. The molecule has 1 fully saturated rings. The van der Waals surface area contributed by atoms with Crippen molar-refractivity contribution in [2.45, 2.75) is 31.9 Å². The third kappa shape index (κ3) is 3.69. The lowest BCUT2D eigenvalue weighted by atomic mass is 9.88. The number of hydrogen-bond acceptors (Lipinski definition) is 4. The van der Waals surface area contributed by atoms with Gasteiger partial charge in [0.15, 0.2) is 5.82 Å². The van der Waals surface area contributed by atoms with Gasteiger partial charge in [0, 0.05) is 18.1 Å². The van der Waals surface area contributed by atoms with E-state index in [9.17, 15) is 17.6 Å². The number of likely N-dealkylation sites (tertiary alicyclic amines) is 1. The number of halogens is 4. The third-order valence-electron chi connectivity index (χ3n) is 5.53. The number of aryl methyl sites for hydroxylation is 1. The standard InChI is InChI=1S/C21H20F4N4/c1-12-15-6-3-7-16(13-5-4-8-29(2)11-13)19(15)28-27-18(12)20-17(22)9-14(10-26-20)21(23,24)25/h3,6-7,9-10,13H,4-5,8,11H2,1-2H3/t13-/m1/s1. The number of benzene rings is 1. The molecule has 0 N–H and O–H groups in total. The SMILES string of the molecule is Cc1c(-c2ncc(C(F)(F)F)cc2F)nnc2c([C@@H]3CCCN(C)C3)cccc12. The molecule has 152 valence electrons. The number of fused-ring (bicyclic) bond motifs is 1. The second-order valence-electron chi connectivity index (χ2n) is 7.57. The van der Waals surface area contributed by atoms with Gasteiger partial charge in [-0.1, -0.05) is 18.2 Å². The maximum Gasteiger partial charge on any atom is 0.417 e. The number of aromatic nitrogens is 3. The van der Waals surface area contributed by atoms with Gasteiger partial charge in [-0.05, 0) is 56.5 Å². The van der Waals surface area contributed by atoms with Crippen LogP contribution in [-0.2, 0) is 6.18 Å². The normalized spacial score (nSPS) is 18.3. The van der Waals surface area contributed by atoms with Gasteiger partial charge in [0.1, 0.15) is 11.4 Å². The summed E-state index contributed by atoms with van der Waals surface area (Å²) in [4.78, 5) is 5.98. The summed E-state index contributed by atoms with van der Waals surface area (Å²) in [6, 6.07) is 6.29. The quantitative estimate of drug-likeness (QED) is 0.566. The van der Waals surface area contributed by atoms with Gasteiger partial charge in [0.05, 0.1) is 11.1 Å². The maximum absolute atomic E-state index is 14.4. The lowest BCUT2D eigenvalue weighted by Crippen LogP contribution is -2.31. The molecule has 3 aromatic rings. The largest absolute Gasteiger partial charge is 0.417 e. The summed E-state index contributed by atoms with van der Waals surface area (Å²) in [5, 5.41) is 9.30. The van der Waals surface area contributed by atoms with Gasteiger partial charge in [0.2, 0.25) is 0 Å². The monoisotopic (exact) mass is 404 g/mol. The Bertz CT molecular complexity index is 1060. The van der Waals surface area contributed by atoms with Gasteiger partial charge in [-0.2, -0.15) is 13.2 Å². The molecule has 0 aliphatic carbocycles. The highest BCUT2D eigenvalue weighted by Crippen LogP contribution is 2.35. The minimum atomic E-state index is -4.65. The highest BCUT2D eigenvalue weighted by molar-refractivity contribution is 5.88. The second-order valence-corrected chi connectivity index (χ2v) is 7.57. The van der Waals surface area contributed by atoms with Crippen LogP contribution >= 0.6 is 0 Å². The van der Waals surface area contributed by atoms with Gasteiger partial charge in [-0.15, -0.1) is 10.2 Å². The van der Waals surface area contributed by atoms with Crippen LogP contribution in [0.2, 0.25) is 0 Å². The Labute approximate surface area is 165 Å². The zero-order valence-corrected chi connectivity index (χ0v) is 16.1. The molecule has 0 amide bonds. The highest BCUT2D eigenvalue weighted by atomic mass is 19.4. The zero-order valence-electron chi connectivity index (χ0n) is 16.1. The van der Waals surface area contributed by atoms with Crippen molar-refractivity contribution in [2.24, 2.45) is 0 Å². The van der Waals surface area contributed by atoms with Crippen molar-refractivity contribution >= 4 is 10.9 Å². The van der Waals surface area contributed by atoms with Crippen molar-refractivity contribution in [3.8, 4) is 11.4 Å². The van der Waals surface area contributed by atoms with Crippen molar-refractivity contribution in [1.82, 2.24) is 20.1 Å². The number of likely N-dealkylation sites (N-methyl/N-ethyl adjacent to an activating group) is 1. The van der Waals surface area contributed by atoms with Crippen LogP contribution in [0.5, 0.6) is 0 Å². The van der Waals surface area contributed by atoms with Crippen LogP contribution in [0, 0.1) is 12.7 Å². The number of rotatable bonds is 2. The van der Waals surface area contributed by atoms with E-state index in [1.54, 1.807) is 6.92 Å². The van der Waals surface area contributed by atoms with Crippen LogP contribution in [-0.4, -0.2) is 40.2 Å². The van der Waals surface area contributed by atoms with Crippen molar-refractivity contribution in [3.05, 3.63) is 53.0 Å². The number of pyridine rings is 1. The predicted molar refractivity (Wildman–Crippen MR) is 102 cm³/mol. The molecule has 0 saturated carbocycles. The summed E-state index contributed by atoms with van der Waals surface area (Å²) in [5.74, 6) is -0.737. The van der Waals surface area contributed by atoms with E-state index < -0.39 is 17.6 Å². The second kappa shape index (κ2) is 7.33. The van der Waals surface area contributed by atoms with E-state index in [2.05, 4.69) is 27.1 Å². The van der Waals surface area contributed by atoms with Gasteiger partial charge < -0.3 is 4.90 Å². The maximum atomic E-state index is 14.4. The molecule has 0 spiro atoms. The van der Waals surface area contributed by atoms with Crippen molar-refractivity contribution in [1.29, 1.82) is 0 Å². The molecule has 4 rings (SSSR count). The average Bonchev–Trinajstić information content (AvgIpc) is 2.68. The first-order valence-electron chi connectivity index (χ1n) is 9.43. The summed E-state index contributed by atoms with van der Waals surface area (Å²) in [7, 11) is 2.09. The minimum Gasteiger partial charge on any atom is -0.306 e. The molecular formula is C21H20F4N4. The number of alkyl halides is 3. The van der Waals surface area contributed by atoms with Crippen molar-refractivity contribution in [2.75, 3.05) is 20.1 Å². The van der Waals surface area contributed by atoms with Crippen molar-refractivity contribution < 1.29 is 17.6 Å². The summed E-state index contributed by atoms with van der Waals surface area (Å²) < 4.78 is 52.8. The summed E-state index contributed by atoms with van der Waals surface area (Å²) in [5.41, 5.74) is 1.29. The third-order valence-corrected chi connectivity index (χ3v) is 5.53. The Morgan fingerprint density at radius 2 is 1.93 bits per heavy atom. The average molecular weight is 404 g/mol. The fourth-order valence-electron chi connectivity index (χ4n) is 4.02. The summed E-state index contributed by atoms with van der Waals surface area (Å²) in [6.45, 7) is 3.76. The van der Waals surface area contributed by atoms with E-state index >= 15 is 0 Å². The Hall–Kier alpha value is -2.61. The highest BCUT2D eigenvalue weighted by Gasteiger charge is 2.32. The molecular weight excluding hydrogens is 384 g/mol. The van der Waals surface area contributed by atoms with Crippen LogP contribution in [0.3, 0.4) is 0 Å². The van der Waals surface area contributed by atoms with Crippen LogP contribution in [0.4, 0.5) is 17.6 Å². The van der Waals surface area contributed by atoms with E-state index in [0.717, 1.165) is 42.4 Å². The topological polar surface area (TPSA) is 41.9 Å². The van der Waals surface area contributed by atoms with Gasteiger partial charge in [-0.3, -0.25) is 4.98 Å². The van der Waals surface area contributed by atoms with Crippen molar-refractivity contribution in [3.63, 3.8) is 0 Å². The molecule has 0 bridgehead atoms. The van der Waals surface area contributed by atoms with E-state index in [1.807, 2.05) is 18.2 Å². The van der Waals surface area contributed by atoms with Crippen LogP contribution in [0.1, 0.15) is 35.4 Å². The molecule has 1 aliphatic rings. The number of piperidine rings is 1. The number of hydrogen-bond donors (Lipinski definition) is 0. The molecule has 1 aliphatic heterocycles. The van der Waals surface area contributed by atoms with Crippen LogP contribution in [0.15, 0.2) is 30.5 Å². The molecule has 0 radical (unpaired) electrons. The Morgan fingerprint density at radius 3 is 2.62 bits per heavy atom. The molecule has 1 aromatic carbocycles. The molecule has 29 heavy (non-hydrogen) atoms. The first-order valence-corrected chi connectivity index (χ1v) is 9.43. The van der Waals surface area contributed by atoms with Gasteiger partial charge in [-0.25, -0.2) is 4.39 Å². The molecule has 1 atom stereocenters. The van der Waals surface area contributed by atoms with E-state index in [0.29, 0.717) is 23.7 Å². The number of nitrogens with zero attached hydrogens (tertiary/aromatic N) is 4. The predicted octanol–water partition coefficient (Wildman–Crippen LogP) is 4.97. The van der Waals surface area contributed by atoms with E-state index in [4.69, 9.17) is 0 Å². The van der Waals surface area contributed by atoms with E-state index in [-0.39, 0.29) is 11.4 Å².